The van der Waals surface area contributed by atoms with E-state index in [1.165, 1.54) is 0 Å². The summed E-state index contributed by atoms with van der Waals surface area (Å²) in [6.07, 6.45) is 3.93. The van der Waals surface area contributed by atoms with E-state index in [1.807, 2.05) is 29.1 Å². The molecule has 5 heteroatoms. The number of aromatic hydroxyl groups is 1. The molecule has 1 aromatic carbocycles. The van der Waals surface area contributed by atoms with E-state index in [2.05, 4.69) is 30.8 Å². The lowest BCUT2D eigenvalue weighted by Gasteiger charge is -2.34. The third-order valence-electron chi connectivity index (χ3n) is 4.45. The van der Waals surface area contributed by atoms with Crippen LogP contribution < -0.4 is 10.6 Å². The largest absolute Gasteiger partial charge is 0.506 e. The van der Waals surface area contributed by atoms with Gasteiger partial charge in [0.05, 0.1) is 17.6 Å². The Morgan fingerprint density at radius 2 is 1.78 bits per heavy atom. The van der Waals surface area contributed by atoms with Crippen LogP contribution in [0.3, 0.4) is 0 Å². The highest BCUT2D eigenvalue weighted by atomic mass is 16.3. The smallest absolute Gasteiger partial charge is 0.141 e. The maximum absolute atomic E-state index is 10.2. The molecule has 5 nitrogen and oxygen atoms in total. The van der Waals surface area contributed by atoms with Gasteiger partial charge in [-0.1, -0.05) is 32.9 Å². The maximum atomic E-state index is 10.2. The Morgan fingerprint density at radius 3 is 2.39 bits per heavy atom. The molecule has 0 atom stereocenters. The van der Waals surface area contributed by atoms with Gasteiger partial charge in [-0.15, -0.1) is 0 Å². The molecule has 0 amide bonds. The molecule has 2 aromatic rings. The Morgan fingerprint density at radius 1 is 1.13 bits per heavy atom. The third-order valence-corrected chi connectivity index (χ3v) is 4.45. The first-order valence-electron chi connectivity index (χ1n) is 8.25. The van der Waals surface area contributed by atoms with E-state index in [9.17, 15) is 5.11 Å². The first kappa shape index (κ1) is 15.9. The van der Waals surface area contributed by atoms with Crippen LogP contribution in [-0.2, 0) is 5.41 Å². The molecule has 2 heterocycles. The van der Waals surface area contributed by atoms with Crippen molar-refractivity contribution in [3.8, 4) is 11.4 Å². The number of rotatable bonds is 2. The molecule has 0 spiro atoms. The summed E-state index contributed by atoms with van der Waals surface area (Å²) >= 11 is 0. The molecule has 1 saturated heterocycles. The molecule has 124 valence electrons. The molecule has 0 saturated carbocycles. The van der Waals surface area contributed by atoms with Crippen LogP contribution in [0.15, 0.2) is 30.5 Å². The number of phenols is 1. The van der Waals surface area contributed by atoms with Gasteiger partial charge >= 0.3 is 0 Å². The van der Waals surface area contributed by atoms with Gasteiger partial charge in [0.2, 0.25) is 0 Å². The van der Waals surface area contributed by atoms with E-state index < -0.39 is 0 Å². The summed E-state index contributed by atoms with van der Waals surface area (Å²) in [7, 11) is 0. The van der Waals surface area contributed by atoms with Crippen molar-refractivity contribution in [2.45, 2.75) is 45.1 Å². The van der Waals surface area contributed by atoms with Crippen LogP contribution in [0.2, 0.25) is 0 Å². The molecular formula is C18H26N4O. The van der Waals surface area contributed by atoms with Gasteiger partial charge < -0.3 is 15.7 Å². The fraction of sp³-hybridized carbons (Fsp3) is 0.500. The molecular weight excluding hydrogens is 288 g/mol. The minimum absolute atomic E-state index is 0.0896. The molecule has 3 rings (SSSR count). The second-order valence-electron chi connectivity index (χ2n) is 7.35. The van der Waals surface area contributed by atoms with Crippen molar-refractivity contribution >= 4 is 5.69 Å². The van der Waals surface area contributed by atoms with Gasteiger partial charge in [0.25, 0.3) is 0 Å². The quantitative estimate of drug-likeness (QED) is 0.894. The monoisotopic (exact) mass is 314 g/mol. The SMILES string of the molecule is CC(C)(C)c1c(N2CCC(N)CC2)cnn1-c1ccccc1O. The lowest BCUT2D eigenvalue weighted by molar-refractivity contribution is 0.464. The third kappa shape index (κ3) is 3.06. The molecule has 1 aliphatic rings. The number of phenolic OH excluding ortho intramolecular Hbond substituents is 1. The number of piperidine rings is 1. The topological polar surface area (TPSA) is 67.3 Å². The zero-order valence-electron chi connectivity index (χ0n) is 14.2. The van der Waals surface area contributed by atoms with E-state index in [4.69, 9.17) is 5.73 Å². The predicted octanol–water partition coefficient (Wildman–Crippen LogP) is 2.80. The van der Waals surface area contributed by atoms with E-state index in [1.54, 1.807) is 6.07 Å². The van der Waals surface area contributed by atoms with E-state index >= 15 is 0 Å². The molecule has 23 heavy (non-hydrogen) atoms. The number of nitrogens with two attached hydrogens (primary N) is 1. The fourth-order valence-electron chi connectivity index (χ4n) is 3.24. The lowest BCUT2D eigenvalue weighted by atomic mass is 9.90. The minimum Gasteiger partial charge on any atom is -0.506 e. The fourth-order valence-corrected chi connectivity index (χ4v) is 3.24. The summed E-state index contributed by atoms with van der Waals surface area (Å²) in [5.74, 6) is 0.244. The van der Waals surface area contributed by atoms with Gasteiger partial charge in [0.15, 0.2) is 0 Å². The second kappa shape index (κ2) is 5.89. The zero-order valence-corrected chi connectivity index (χ0v) is 14.2. The molecule has 0 aliphatic carbocycles. The van der Waals surface area contributed by atoms with Crippen LogP contribution in [-0.4, -0.2) is 34.0 Å². The van der Waals surface area contributed by atoms with Crippen LogP contribution in [0.5, 0.6) is 5.75 Å². The summed E-state index contributed by atoms with van der Waals surface area (Å²) < 4.78 is 1.87. The van der Waals surface area contributed by atoms with Gasteiger partial charge in [-0.05, 0) is 25.0 Å². The molecule has 0 radical (unpaired) electrons. The van der Waals surface area contributed by atoms with E-state index in [-0.39, 0.29) is 11.2 Å². The highest BCUT2D eigenvalue weighted by molar-refractivity contribution is 5.57. The molecule has 1 aromatic heterocycles. The van der Waals surface area contributed by atoms with E-state index in [0.717, 1.165) is 43.0 Å². The van der Waals surface area contributed by atoms with Crippen LogP contribution in [0.4, 0.5) is 5.69 Å². The van der Waals surface area contributed by atoms with Crippen LogP contribution in [0.25, 0.3) is 5.69 Å². The normalized spacial score (nSPS) is 16.8. The van der Waals surface area contributed by atoms with Gasteiger partial charge in [0, 0.05) is 24.5 Å². The first-order valence-corrected chi connectivity index (χ1v) is 8.25. The summed E-state index contributed by atoms with van der Waals surface area (Å²) in [4.78, 5) is 2.37. The average molecular weight is 314 g/mol. The molecule has 1 fully saturated rings. The van der Waals surface area contributed by atoms with Crippen molar-refractivity contribution in [2.75, 3.05) is 18.0 Å². The summed E-state index contributed by atoms with van der Waals surface area (Å²) in [6.45, 7) is 8.45. The van der Waals surface area contributed by atoms with Crippen molar-refractivity contribution in [2.24, 2.45) is 5.73 Å². The van der Waals surface area contributed by atoms with Gasteiger partial charge in [0.1, 0.15) is 11.4 Å². The van der Waals surface area contributed by atoms with Crippen LogP contribution >= 0.6 is 0 Å². The Bertz CT molecular complexity index is 679. The standard InChI is InChI=1S/C18H26N4O/c1-18(2,3)17-15(21-10-8-13(19)9-11-21)12-20-22(17)14-6-4-5-7-16(14)23/h4-7,12-13,23H,8-11,19H2,1-3H3. The number of hydrogen-bond acceptors (Lipinski definition) is 4. The Kier molecular flexibility index (Phi) is 4.06. The summed E-state index contributed by atoms with van der Waals surface area (Å²) in [5.41, 5.74) is 8.93. The maximum Gasteiger partial charge on any atom is 0.141 e. The molecule has 0 unspecified atom stereocenters. The van der Waals surface area contributed by atoms with Crippen molar-refractivity contribution in [3.05, 3.63) is 36.2 Å². The van der Waals surface area contributed by atoms with Crippen LogP contribution in [0.1, 0.15) is 39.3 Å². The molecule has 3 N–H and O–H groups in total. The number of anilines is 1. The number of aromatic nitrogens is 2. The van der Waals surface area contributed by atoms with Gasteiger partial charge in [-0.25, -0.2) is 4.68 Å². The highest BCUT2D eigenvalue weighted by Crippen LogP contribution is 2.36. The Balaban J connectivity index is 2.07. The number of benzene rings is 1. The first-order chi connectivity index (χ1) is 10.9. The van der Waals surface area contributed by atoms with Gasteiger partial charge in [-0.2, -0.15) is 5.10 Å². The average Bonchev–Trinajstić information content (AvgIpc) is 2.93. The summed E-state index contributed by atoms with van der Waals surface area (Å²) in [6, 6.07) is 7.64. The van der Waals surface area contributed by atoms with E-state index in [0.29, 0.717) is 6.04 Å². The van der Waals surface area contributed by atoms with Crippen LogP contribution in [0, 0.1) is 0 Å². The Labute approximate surface area is 137 Å². The molecule has 1 aliphatic heterocycles. The van der Waals surface area contributed by atoms with Gasteiger partial charge in [-0.3, -0.25) is 0 Å². The summed E-state index contributed by atoms with van der Waals surface area (Å²) in [5, 5.41) is 14.8. The van der Waals surface area contributed by atoms with Crippen molar-refractivity contribution < 1.29 is 5.11 Å². The van der Waals surface area contributed by atoms with Crippen molar-refractivity contribution in [3.63, 3.8) is 0 Å². The second-order valence-corrected chi connectivity index (χ2v) is 7.35. The van der Waals surface area contributed by atoms with Crippen molar-refractivity contribution in [1.29, 1.82) is 0 Å². The van der Waals surface area contributed by atoms with Crippen molar-refractivity contribution in [1.82, 2.24) is 9.78 Å². The number of hydrogen-bond donors (Lipinski definition) is 2. The highest BCUT2D eigenvalue weighted by Gasteiger charge is 2.29. The molecule has 0 bridgehead atoms. The predicted molar refractivity (Wildman–Crippen MR) is 93.4 cm³/mol. The zero-order chi connectivity index (χ0) is 16.6. The number of nitrogens with zero attached hydrogens (tertiary/aromatic N) is 3. The lowest BCUT2D eigenvalue weighted by Crippen LogP contribution is -2.40. The Hall–Kier alpha value is -2.01. The minimum atomic E-state index is -0.0896. The number of para-hydroxylation sites is 2.